The van der Waals surface area contributed by atoms with Crippen LogP contribution in [0, 0.1) is 6.92 Å². The van der Waals surface area contributed by atoms with Gasteiger partial charge in [0.2, 0.25) is 21.8 Å². The molecule has 0 saturated heterocycles. The van der Waals surface area contributed by atoms with Gasteiger partial charge in [0.25, 0.3) is 0 Å². The van der Waals surface area contributed by atoms with Gasteiger partial charge in [-0.05, 0) is 68.7 Å². The van der Waals surface area contributed by atoms with Crippen molar-refractivity contribution >= 4 is 43.5 Å². The number of carbonyl (C=O) groups is 2. The second kappa shape index (κ2) is 12.4. The molecule has 2 rings (SSSR count). The summed E-state index contributed by atoms with van der Waals surface area (Å²) in [5.41, 5.74) is 2.00. The van der Waals surface area contributed by atoms with Gasteiger partial charge in [0.15, 0.2) is 0 Å². The first kappa shape index (κ1) is 28.6. The molecule has 10 heteroatoms. The molecular formula is C25H34BrN3O5S. The molecule has 0 aliphatic heterocycles. The van der Waals surface area contributed by atoms with E-state index in [0.717, 1.165) is 32.6 Å². The number of nitrogens with one attached hydrogen (secondary N) is 1. The van der Waals surface area contributed by atoms with E-state index in [1.165, 1.54) is 4.90 Å². The predicted molar refractivity (Wildman–Crippen MR) is 142 cm³/mol. The van der Waals surface area contributed by atoms with Crippen LogP contribution in [0.25, 0.3) is 0 Å². The van der Waals surface area contributed by atoms with Gasteiger partial charge in [-0.1, -0.05) is 35.0 Å². The summed E-state index contributed by atoms with van der Waals surface area (Å²) in [6.45, 7) is 7.04. The Morgan fingerprint density at radius 1 is 1.11 bits per heavy atom. The number of rotatable bonds is 11. The van der Waals surface area contributed by atoms with Crippen molar-refractivity contribution in [2.75, 3.05) is 24.2 Å². The van der Waals surface area contributed by atoms with Gasteiger partial charge in [-0.15, -0.1) is 0 Å². The molecule has 2 aromatic rings. The molecule has 2 unspecified atom stereocenters. The highest BCUT2D eigenvalue weighted by molar-refractivity contribution is 9.10. The van der Waals surface area contributed by atoms with Crippen LogP contribution in [0.2, 0.25) is 0 Å². The number of benzene rings is 2. The molecule has 1 N–H and O–H groups in total. The third kappa shape index (κ3) is 7.96. The minimum absolute atomic E-state index is 0.0545. The maximum absolute atomic E-state index is 13.6. The van der Waals surface area contributed by atoms with Crippen LogP contribution < -0.4 is 14.4 Å². The number of anilines is 1. The Labute approximate surface area is 216 Å². The van der Waals surface area contributed by atoms with E-state index in [0.29, 0.717) is 11.4 Å². The minimum atomic E-state index is -3.77. The van der Waals surface area contributed by atoms with E-state index in [2.05, 4.69) is 21.2 Å². The lowest BCUT2D eigenvalue weighted by Crippen LogP contribution is -2.52. The van der Waals surface area contributed by atoms with Gasteiger partial charge in [-0.3, -0.25) is 13.9 Å². The lowest BCUT2D eigenvalue weighted by Gasteiger charge is -2.32. The zero-order valence-corrected chi connectivity index (χ0v) is 23.4. The fourth-order valence-electron chi connectivity index (χ4n) is 3.37. The largest absolute Gasteiger partial charge is 0.497 e. The number of hydrogen-bond acceptors (Lipinski definition) is 5. The first-order chi connectivity index (χ1) is 16.4. The Kier molecular flexibility index (Phi) is 10.1. The van der Waals surface area contributed by atoms with Crippen molar-refractivity contribution in [2.45, 2.75) is 52.7 Å². The van der Waals surface area contributed by atoms with Crippen LogP contribution in [-0.4, -0.2) is 57.1 Å². The van der Waals surface area contributed by atoms with Gasteiger partial charge in [0.1, 0.15) is 18.3 Å². The molecule has 8 nitrogen and oxygen atoms in total. The molecular weight excluding hydrogens is 534 g/mol. The van der Waals surface area contributed by atoms with E-state index < -0.39 is 28.5 Å². The molecule has 0 saturated carbocycles. The Balaban J connectivity index is 2.40. The highest BCUT2D eigenvalue weighted by Crippen LogP contribution is 2.25. The first-order valence-corrected chi connectivity index (χ1v) is 14.0. The molecule has 35 heavy (non-hydrogen) atoms. The average molecular weight is 569 g/mol. The molecule has 0 fully saturated rings. The van der Waals surface area contributed by atoms with Crippen molar-refractivity contribution < 1.29 is 22.7 Å². The van der Waals surface area contributed by atoms with Crippen LogP contribution in [0.4, 0.5) is 5.69 Å². The molecule has 192 valence electrons. The molecule has 0 heterocycles. The lowest BCUT2D eigenvalue weighted by atomic mass is 10.1. The minimum Gasteiger partial charge on any atom is -0.497 e. The van der Waals surface area contributed by atoms with Crippen molar-refractivity contribution in [3.63, 3.8) is 0 Å². The number of halogens is 1. The van der Waals surface area contributed by atoms with Crippen LogP contribution >= 0.6 is 15.9 Å². The summed E-state index contributed by atoms with van der Waals surface area (Å²) in [5, 5.41) is 2.91. The average Bonchev–Trinajstić information content (AvgIpc) is 2.81. The van der Waals surface area contributed by atoms with Crippen molar-refractivity contribution in [1.29, 1.82) is 0 Å². The van der Waals surface area contributed by atoms with Crippen molar-refractivity contribution in [3.05, 3.63) is 58.1 Å². The third-order valence-corrected chi connectivity index (χ3v) is 7.82. The molecule has 0 aliphatic rings. The van der Waals surface area contributed by atoms with Gasteiger partial charge < -0.3 is 15.0 Å². The summed E-state index contributed by atoms with van der Waals surface area (Å²) < 4.78 is 32.4. The number of amides is 2. The smallest absolute Gasteiger partial charge is 0.244 e. The summed E-state index contributed by atoms with van der Waals surface area (Å²) in [6.07, 6.45) is 1.81. The highest BCUT2D eigenvalue weighted by Gasteiger charge is 2.30. The van der Waals surface area contributed by atoms with E-state index in [-0.39, 0.29) is 18.5 Å². The van der Waals surface area contributed by atoms with Gasteiger partial charge in [-0.2, -0.15) is 0 Å². The van der Waals surface area contributed by atoms with E-state index in [9.17, 15) is 18.0 Å². The molecule has 2 aromatic carbocycles. The van der Waals surface area contributed by atoms with Crippen molar-refractivity contribution in [2.24, 2.45) is 0 Å². The third-order valence-electron chi connectivity index (χ3n) is 5.79. The molecule has 0 spiro atoms. The van der Waals surface area contributed by atoms with Crippen LogP contribution in [-0.2, 0) is 26.2 Å². The van der Waals surface area contributed by atoms with E-state index in [1.807, 2.05) is 32.9 Å². The van der Waals surface area contributed by atoms with Crippen LogP contribution in [0.1, 0.15) is 38.3 Å². The topological polar surface area (TPSA) is 96.0 Å². The normalized spacial score (nSPS) is 13.0. The van der Waals surface area contributed by atoms with Crippen molar-refractivity contribution in [1.82, 2.24) is 10.2 Å². The van der Waals surface area contributed by atoms with Crippen LogP contribution in [0.3, 0.4) is 0 Å². The Morgan fingerprint density at radius 2 is 1.74 bits per heavy atom. The molecule has 2 atom stereocenters. The summed E-state index contributed by atoms with van der Waals surface area (Å²) in [4.78, 5) is 27.9. The molecule has 2 amide bonds. The quantitative estimate of drug-likeness (QED) is 0.444. The van der Waals surface area contributed by atoms with Crippen LogP contribution in [0.5, 0.6) is 5.75 Å². The standard InChI is InChI=1S/C25H34BrN3O5S/c1-7-18(3)27-25(31)19(4)28(15-20-8-11-22(34-5)12-9-20)24(30)16-29(35(6,32)33)21-10-13-23(26)17(2)14-21/h8-14,18-19H,7,15-16H2,1-6H3,(H,27,31). The van der Waals surface area contributed by atoms with Gasteiger partial charge in [0.05, 0.1) is 19.1 Å². The summed E-state index contributed by atoms with van der Waals surface area (Å²) in [5.74, 6) is -0.117. The summed E-state index contributed by atoms with van der Waals surface area (Å²) in [6, 6.07) is 11.4. The van der Waals surface area contributed by atoms with E-state index in [1.54, 1.807) is 44.4 Å². The number of nitrogens with zero attached hydrogens (tertiary/aromatic N) is 2. The number of sulfonamides is 1. The number of aryl methyl sites for hydroxylation is 1. The zero-order chi connectivity index (χ0) is 26.3. The lowest BCUT2D eigenvalue weighted by molar-refractivity contribution is -0.139. The Hall–Kier alpha value is -2.59. The Bertz CT molecular complexity index is 1140. The van der Waals surface area contributed by atoms with Gasteiger partial charge in [-0.25, -0.2) is 8.42 Å². The fourth-order valence-corrected chi connectivity index (χ4v) is 4.46. The maximum atomic E-state index is 13.6. The molecule has 0 radical (unpaired) electrons. The second-order valence-corrected chi connectivity index (χ2v) is 11.3. The molecule has 0 aliphatic carbocycles. The van der Waals surface area contributed by atoms with Crippen molar-refractivity contribution in [3.8, 4) is 5.75 Å². The number of hydrogen-bond donors (Lipinski definition) is 1. The predicted octanol–water partition coefficient (Wildman–Crippen LogP) is 3.86. The number of ether oxygens (including phenoxy) is 1. The van der Waals surface area contributed by atoms with E-state index in [4.69, 9.17) is 4.74 Å². The Morgan fingerprint density at radius 3 is 2.26 bits per heavy atom. The second-order valence-electron chi connectivity index (χ2n) is 8.57. The highest BCUT2D eigenvalue weighted by atomic mass is 79.9. The molecule has 0 bridgehead atoms. The van der Waals surface area contributed by atoms with Crippen LogP contribution in [0.15, 0.2) is 46.9 Å². The number of methoxy groups -OCH3 is 1. The summed E-state index contributed by atoms with van der Waals surface area (Å²) in [7, 11) is -2.21. The monoisotopic (exact) mass is 567 g/mol. The van der Waals surface area contributed by atoms with Gasteiger partial charge >= 0.3 is 0 Å². The molecule has 0 aromatic heterocycles. The fraction of sp³-hybridized carbons (Fsp3) is 0.440. The maximum Gasteiger partial charge on any atom is 0.244 e. The summed E-state index contributed by atoms with van der Waals surface area (Å²) >= 11 is 3.41. The SMILES string of the molecule is CCC(C)NC(=O)C(C)N(Cc1ccc(OC)cc1)C(=O)CN(c1ccc(Br)c(C)c1)S(C)(=O)=O. The van der Waals surface area contributed by atoms with E-state index >= 15 is 0 Å². The van der Waals surface area contributed by atoms with Gasteiger partial charge in [0, 0.05) is 17.1 Å². The first-order valence-electron chi connectivity index (χ1n) is 11.3. The number of carbonyl (C=O) groups excluding carboxylic acids is 2. The zero-order valence-electron chi connectivity index (χ0n) is 21.0.